The van der Waals surface area contributed by atoms with Crippen LogP contribution < -0.4 is 5.32 Å². The van der Waals surface area contributed by atoms with Crippen LogP contribution in [-0.2, 0) is 13.1 Å². The summed E-state index contributed by atoms with van der Waals surface area (Å²) < 4.78 is 7.33. The molecule has 5 nitrogen and oxygen atoms in total. The molecule has 3 rings (SSSR count). The predicted molar refractivity (Wildman–Crippen MR) is 68.1 cm³/mol. The molecule has 92 valence electrons. The Morgan fingerprint density at radius 1 is 1.28 bits per heavy atom. The Kier molecular flexibility index (Phi) is 2.82. The van der Waals surface area contributed by atoms with Gasteiger partial charge in [-0.2, -0.15) is 0 Å². The quantitative estimate of drug-likeness (QED) is 0.757. The Labute approximate surface area is 104 Å². The maximum absolute atomic E-state index is 5.44. The zero-order valence-electron chi connectivity index (χ0n) is 10.1. The normalized spacial score (nSPS) is 11.2. The highest BCUT2D eigenvalue weighted by molar-refractivity contribution is 5.73. The maximum atomic E-state index is 5.44. The Bertz CT molecular complexity index is 656. The lowest BCUT2D eigenvalue weighted by Crippen LogP contribution is -2.08. The lowest BCUT2D eigenvalue weighted by Gasteiger charge is -2.03. The van der Waals surface area contributed by atoms with Crippen LogP contribution in [0.4, 0.5) is 0 Å². The van der Waals surface area contributed by atoms with E-state index < -0.39 is 0 Å². The zero-order chi connectivity index (χ0) is 12.4. The highest BCUT2D eigenvalue weighted by Crippen LogP contribution is 2.15. The molecule has 0 radical (unpaired) electrons. The van der Waals surface area contributed by atoms with Crippen LogP contribution in [0.2, 0.25) is 0 Å². The lowest BCUT2D eigenvalue weighted by molar-refractivity contribution is 0.487. The third-order valence-corrected chi connectivity index (χ3v) is 2.92. The number of rotatable bonds is 4. The van der Waals surface area contributed by atoms with Gasteiger partial charge in [0.25, 0.3) is 0 Å². The number of hydrogen-bond donors (Lipinski definition) is 1. The number of furan rings is 1. The minimum atomic E-state index is 0.675. The van der Waals surface area contributed by atoms with Crippen molar-refractivity contribution in [3.63, 3.8) is 0 Å². The molecule has 3 aromatic rings. The second-order valence-corrected chi connectivity index (χ2v) is 4.14. The van der Waals surface area contributed by atoms with E-state index in [2.05, 4.69) is 15.6 Å². The van der Waals surface area contributed by atoms with E-state index in [1.165, 1.54) is 0 Å². The van der Waals surface area contributed by atoms with Gasteiger partial charge in [-0.1, -0.05) is 17.3 Å². The Balaban J connectivity index is 1.94. The molecular formula is C13H14N4O. The molecule has 0 fully saturated rings. The van der Waals surface area contributed by atoms with Gasteiger partial charge in [0, 0.05) is 5.56 Å². The summed E-state index contributed by atoms with van der Waals surface area (Å²) in [7, 11) is 1.90. The molecule has 0 aliphatic heterocycles. The van der Waals surface area contributed by atoms with Crippen molar-refractivity contribution < 1.29 is 4.42 Å². The average Bonchev–Trinajstić information content (AvgIpc) is 2.99. The third kappa shape index (κ3) is 1.89. The van der Waals surface area contributed by atoms with Gasteiger partial charge in [0.15, 0.2) is 0 Å². The Morgan fingerprint density at radius 3 is 3.06 bits per heavy atom. The van der Waals surface area contributed by atoms with Gasteiger partial charge in [-0.15, -0.1) is 5.10 Å². The molecule has 2 heterocycles. The lowest BCUT2D eigenvalue weighted by atomic mass is 10.2. The SMILES string of the molecule is CNCc1occc1Cn1nnc2ccccc21. The van der Waals surface area contributed by atoms with Crippen molar-refractivity contribution in [3.8, 4) is 0 Å². The fourth-order valence-electron chi connectivity index (χ4n) is 2.02. The van der Waals surface area contributed by atoms with E-state index in [1.54, 1.807) is 6.26 Å². The molecule has 0 aliphatic carbocycles. The van der Waals surface area contributed by atoms with Gasteiger partial charge in [0.2, 0.25) is 0 Å². The van der Waals surface area contributed by atoms with Crippen molar-refractivity contribution in [1.29, 1.82) is 0 Å². The number of benzene rings is 1. The minimum absolute atomic E-state index is 0.675. The minimum Gasteiger partial charge on any atom is -0.468 e. The second-order valence-electron chi connectivity index (χ2n) is 4.14. The van der Waals surface area contributed by atoms with Crippen molar-refractivity contribution in [1.82, 2.24) is 20.3 Å². The molecular weight excluding hydrogens is 228 g/mol. The number of hydrogen-bond acceptors (Lipinski definition) is 4. The molecule has 1 aromatic carbocycles. The Hall–Kier alpha value is -2.14. The number of aromatic nitrogens is 3. The first-order valence-electron chi connectivity index (χ1n) is 5.86. The molecule has 0 saturated heterocycles. The number of para-hydroxylation sites is 1. The highest BCUT2D eigenvalue weighted by atomic mass is 16.3. The zero-order valence-corrected chi connectivity index (χ0v) is 10.1. The molecule has 0 amide bonds. The third-order valence-electron chi connectivity index (χ3n) is 2.92. The first-order chi connectivity index (χ1) is 8.88. The smallest absolute Gasteiger partial charge is 0.122 e. The van der Waals surface area contributed by atoms with Crippen LogP contribution in [0, 0.1) is 0 Å². The van der Waals surface area contributed by atoms with Gasteiger partial charge >= 0.3 is 0 Å². The van der Waals surface area contributed by atoms with Crippen molar-refractivity contribution in [2.75, 3.05) is 7.05 Å². The fourth-order valence-corrected chi connectivity index (χ4v) is 2.02. The van der Waals surface area contributed by atoms with Gasteiger partial charge in [-0.05, 0) is 25.2 Å². The summed E-state index contributed by atoms with van der Waals surface area (Å²) in [5.41, 5.74) is 3.07. The second kappa shape index (κ2) is 4.62. The first-order valence-corrected chi connectivity index (χ1v) is 5.86. The molecule has 0 bridgehead atoms. The molecule has 0 aliphatic rings. The van der Waals surface area contributed by atoms with Gasteiger partial charge in [-0.25, -0.2) is 4.68 Å². The van der Waals surface area contributed by atoms with Crippen molar-refractivity contribution in [3.05, 3.63) is 47.9 Å². The molecule has 0 spiro atoms. The monoisotopic (exact) mass is 242 g/mol. The molecule has 18 heavy (non-hydrogen) atoms. The summed E-state index contributed by atoms with van der Waals surface area (Å²) in [6, 6.07) is 9.91. The molecule has 0 atom stereocenters. The fraction of sp³-hybridized carbons (Fsp3) is 0.231. The maximum Gasteiger partial charge on any atom is 0.122 e. The summed E-state index contributed by atoms with van der Waals surface area (Å²) in [4.78, 5) is 0. The molecule has 2 aromatic heterocycles. The van der Waals surface area contributed by atoms with Crippen LogP contribution in [0.3, 0.4) is 0 Å². The average molecular weight is 242 g/mol. The van der Waals surface area contributed by atoms with E-state index >= 15 is 0 Å². The van der Waals surface area contributed by atoms with E-state index in [9.17, 15) is 0 Å². The molecule has 0 unspecified atom stereocenters. The van der Waals surface area contributed by atoms with E-state index in [0.29, 0.717) is 6.54 Å². The summed E-state index contributed by atoms with van der Waals surface area (Å²) in [5, 5.41) is 11.4. The van der Waals surface area contributed by atoms with Gasteiger partial charge in [0.1, 0.15) is 11.3 Å². The summed E-state index contributed by atoms with van der Waals surface area (Å²) >= 11 is 0. The van der Waals surface area contributed by atoms with Gasteiger partial charge in [0.05, 0.1) is 24.9 Å². The van der Waals surface area contributed by atoms with Crippen LogP contribution >= 0.6 is 0 Å². The van der Waals surface area contributed by atoms with Crippen LogP contribution in [0.15, 0.2) is 41.0 Å². The number of nitrogens with one attached hydrogen (secondary N) is 1. The van der Waals surface area contributed by atoms with Crippen LogP contribution in [0.25, 0.3) is 11.0 Å². The highest BCUT2D eigenvalue weighted by Gasteiger charge is 2.09. The van der Waals surface area contributed by atoms with Crippen molar-refractivity contribution in [2.45, 2.75) is 13.1 Å². The van der Waals surface area contributed by atoms with Crippen molar-refractivity contribution in [2.24, 2.45) is 0 Å². The topological polar surface area (TPSA) is 55.9 Å². The van der Waals surface area contributed by atoms with Gasteiger partial charge in [-0.3, -0.25) is 0 Å². The first kappa shape index (κ1) is 11.0. The standard InChI is InChI=1S/C13H14N4O/c1-14-8-13-10(6-7-18-13)9-17-12-5-3-2-4-11(12)15-16-17/h2-7,14H,8-9H2,1H3. The van der Waals surface area contributed by atoms with Crippen molar-refractivity contribution >= 4 is 11.0 Å². The van der Waals surface area contributed by atoms with E-state index in [0.717, 1.165) is 28.9 Å². The van der Waals surface area contributed by atoms with Crippen LogP contribution in [-0.4, -0.2) is 22.0 Å². The van der Waals surface area contributed by atoms with E-state index in [4.69, 9.17) is 4.42 Å². The number of nitrogens with zero attached hydrogens (tertiary/aromatic N) is 3. The summed E-state index contributed by atoms with van der Waals surface area (Å²) in [6.07, 6.45) is 1.71. The summed E-state index contributed by atoms with van der Waals surface area (Å²) in [5.74, 6) is 0.942. The molecule has 1 N–H and O–H groups in total. The number of fused-ring (bicyclic) bond motifs is 1. The van der Waals surface area contributed by atoms with Crippen LogP contribution in [0.1, 0.15) is 11.3 Å². The Morgan fingerprint density at radius 2 is 2.17 bits per heavy atom. The van der Waals surface area contributed by atoms with Gasteiger partial charge < -0.3 is 9.73 Å². The van der Waals surface area contributed by atoms with Crippen LogP contribution in [0.5, 0.6) is 0 Å². The van der Waals surface area contributed by atoms with E-state index in [-0.39, 0.29) is 0 Å². The van der Waals surface area contributed by atoms with E-state index in [1.807, 2.05) is 42.1 Å². The summed E-state index contributed by atoms with van der Waals surface area (Å²) in [6.45, 7) is 1.39. The molecule has 0 saturated carbocycles. The predicted octanol–water partition coefficient (Wildman–Crippen LogP) is 1.79. The largest absolute Gasteiger partial charge is 0.468 e. The molecule has 5 heteroatoms.